The Morgan fingerprint density at radius 1 is 1.19 bits per heavy atom. The number of nitrogens with one attached hydrogen (secondary N) is 2. The fraction of sp³-hybridized carbons (Fsp3) is 0.300. The van der Waals surface area contributed by atoms with E-state index < -0.39 is 65.4 Å². The Kier molecular flexibility index (Phi) is 7.39. The summed E-state index contributed by atoms with van der Waals surface area (Å²) in [5.74, 6) is -5.89. The van der Waals surface area contributed by atoms with Gasteiger partial charge in [0.15, 0.2) is 17.2 Å². The molecule has 2 amide bonds. The molecule has 1 aliphatic rings. The van der Waals surface area contributed by atoms with Gasteiger partial charge in [0.05, 0.1) is 36.2 Å². The van der Waals surface area contributed by atoms with Gasteiger partial charge in [0, 0.05) is 16.7 Å². The zero-order valence-electron chi connectivity index (χ0n) is 16.4. The van der Waals surface area contributed by atoms with Crippen molar-refractivity contribution in [2.75, 3.05) is 31.6 Å². The fourth-order valence-electron chi connectivity index (χ4n) is 3.01. The molecule has 0 bridgehead atoms. The van der Waals surface area contributed by atoms with Gasteiger partial charge in [-0.25, -0.2) is 13.2 Å². The van der Waals surface area contributed by atoms with Crippen LogP contribution in [0.2, 0.25) is 0 Å². The summed E-state index contributed by atoms with van der Waals surface area (Å²) >= 11 is 1.86. The van der Waals surface area contributed by atoms with E-state index in [-0.39, 0.29) is 18.8 Å². The van der Waals surface area contributed by atoms with Crippen molar-refractivity contribution in [1.29, 1.82) is 0 Å². The maximum Gasteiger partial charge on any atom is 0.264 e. The molecule has 2 aromatic rings. The molecule has 1 aliphatic heterocycles. The molecule has 3 rings (SSSR count). The van der Waals surface area contributed by atoms with Gasteiger partial charge in [0.1, 0.15) is 5.82 Å². The number of rotatable bonds is 7. The molecule has 8 nitrogen and oxygen atoms in total. The lowest BCUT2D eigenvalue weighted by molar-refractivity contribution is -0.154. The number of aliphatic hydroxyl groups is 3. The predicted octanol–water partition coefficient (Wildman–Crippen LogP) is 1.11. The van der Waals surface area contributed by atoms with E-state index in [1.54, 1.807) is 0 Å². The van der Waals surface area contributed by atoms with Crippen LogP contribution >= 0.6 is 22.6 Å². The number of imide groups is 1. The lowest BCUT2D eigenvalue weighted by Crippen LogP contribution is -2.68. The van der Waals surface area contributed by atoms with Crippen molar-refractivity contribution >= 4 is 45.8 Å². The third kappa shape index (κ3) is 4.88. The van der Waals surface area contributed by atoms with E-state index in [2.05, 4.69) is 10.6 Å². The van der Waals surface area contributed by atoms with Crippen LogP contribution in [0.3, 0.4) is 0 Å². The Labute approximate surface area is 194 Å². The van der Waals surface area contributed by atoms with Gasteiger partial charge in [-0.05, 0) is 52.9 Å². The standard InChI is InChI=1S/C20H19F3IN3O5/c21-13-3-2-12(17(16(13)23)26-15-4-1-10(24)5-14(15)22)18(30)27(6-11(29)7-28)19(31)20(32)8-25-9-20/h1-5,11,25-26,28-29,32H,6-9H2. The molecule has 1 saturated heterocycles. The maximum atomic E-state index is 14.7. The van der Waals surface area contributed by atoms with Gasteiger partial charge in [-0.1, -0.05) is 0 Å². The van der Waals surface area contributed by atoms with E-state index in [1.807, 2.05) is 22.6 Å². The molecule has 32 heavy (non-hydrogen) atoms. The summed E-state index contributed by atoms with van der Waals surface area (Å²) in [4.78, 5) is 26.4. The van der Waals surface area contributed by atoms with Crippen LogP contribution in [-0.2, 0) is 4.79 Å². The van der Waals surface area contributed by atoms with E-state index in [0.29, 0.717) is 14.5 Å². The van der Waals surface area contributed by atoms with Gasteiger partial charge in [0.2, 0.25) is 0 Å². The number of benzene rings is 2. The largest absolute Gasteiger partial charge is 0.394 e. The van der Waals surface area contributed by atoms with Gasteiger partial charge in [-0.2, -0.15) is 0 Å². The minimum absolute atomic E-state index is 0.165. The van der Waals surface area contributed by atoms with Crippen LogP contribution in [0.4, 0.5) is 24.5 Å². The lowest BCUT2D eigenvalue weighted by Gasteiger charge is -2.39. The Morgan fingerprint density at radius 2 is 1.88 bits per heavy atom. The first kappa shape index (κ1) is 24.4. The Bertz CT molecular complexity index is 1050. The smallest absolute Gasteiger partial charge is 0.264 e. The average molecular weight is 565 g/mol. The molecule has 0 aliphatic carbocycles. The number of carbonyl (C=O) groups is 2. The highest BCUT2D eigenvalue weighted by Gasteiger charge is 2.47. The first-order valence-corrected chi connectivity index (χ1v) is 10.4. The number of carbonyl (C=O) groups excluding carboxylic acids is 2. The molecule has 1 fully saturated rings. The molecule has 0 spiro atoms. The second-order valence-electron chi connectivity index (χ2n) is 7.23. The first-order valence-electron chi connectivity index (χ1n) is 9.36. The number of aliphatic hydroxyl groups excluding tert-OH is 2. The molecule has 1 unspecified atom stereocenters. The quantitative estimate of drug-likeness (QED) is 0.252. The second kappa shape index (κ2) is 9.70. The van der Waals surface area contributed by atoms with Gasteiger partial charge in [-0.15, -0.1) is 0 Å². The Morgan fingerprint density at radius 3 is 2.44 bits per heavy atom. The molecule has 1 heterocycles. The number of amides is 2. The van der Waals surface area contributed by atoms with Crippen LogP contribution in [0, 0.1) is 21.0 Å². The summed E-state index contributed by atoms with van der Waals surface area (Å²) in [5, 5.41) is 34.3. The van der Waals surface area contributed by atoms with Crippen LogP contribution in [-0.4, -0.2) is 70.0 Å². The minimum atomic E-state index is -1.95. The molecular formula is C20H19F3IN3O5. The van der Waals surface area contributed by atoms with Crippen LogP contribution in [0.1, 0.15) is 10.4 Å². The molecule has 0 saturated carbocycles. The first-order chi connectivity index (χ1) is 15.1. The third-order valence-electron chi connectivity index (χ3n) is 4.84. The van der Waals surface area contributed by atoms with E-state index >= 15 is 0 Å². The van der Waals surface area contributed by atoms with Crippen molar-refractivity contribution in [3.05, 3.63) is 56.9 Å². The summed E-state index contributed by atoms with van der Waals surface area (Å²) in [6, 6.07) is 5.44. The minimum Gasteiger partial charge on any atom is -0.394 e. The predicted molar refractivity (Wildman–Crippen MR) is 116 cm³/mol. The van der Waals surface area contributed by atoms with Gasteiger partial charge in [-0.3, -0.25) is 14.5 Å². The topological polar surface area (TPSA) is 122 Å². The zero-order valence-corrected chi connectivity index (χ0v) is 18.6. The lowest BCUT2D eigenvalue weighted by atomic mass is 9.94. The summed E-state index contributed by atoms with van der Waals surface area (Å²) in [7, 11) is 0. The van der Waals surface area contributed by atoms with Gasteiger partial charge in [0.25, 0.3) is 11.8 Å². The van der Waals surface area contributed by atoms with Gasteiger partial charge >= 0.3 is 0 Å². The van der Waals surface area contributed by atoms with Crippen LogP contribution in [0.15, 0.2) is 30.3 Å². The zero-order chi connectivity index (χ0) is 23.6. The summed E-state index contributed by atoms with van der Waals surface area (Å²) in [6.45, 7) is -1.85. The molecule has 172 valence electrons. The number of β-amino-alcohol motifs (C(OH)–C–C–N with tert-alkyl or cyclic N) is 1. The van der Waals surface area contributed by atoms with Crippen molar-refractivity contribution in [3.8, 4) is 0 Å². The number of hydrogen-bond acceptors (Lipinski definition) is 7. The molecule has 2 aromatic carbocycles. The van der Waals surface area contributed by atoms with E-state index in [0.717, 1.165) is 12.1 Å². The number of hydrogen-bond donors (Lipinski definition) is 5. The van der Waals surface area contributed by atoms with Crippen molar-refractivity contribution in [3.63, 3.8) is 0 Å². The highest BCUT2D eigenvalue weighted by molar-refractivity contribution is 14.1. The maximum absolute atomic E-state index is 14.7. The summed E-state index contributed by atoms with van der Waals surface area (Å²) < 4.78 is 43.4. The van der Waals surface area contributed by atoms with Crippen molar-refractivity contribution in [1.82, 2.24) is 10.2 Å². The highest BCUT2D eigenvalue weighted by Crippen LogP contribution is 2.30. The fourth-order valence-corrected chi connectivity index (χ4v) is 3.47. The third-order valence-corrected chi connectivity index (χ3v) is 5.51. The molecule has 0 radical (unpaired) electrons. The normalized spacial score (nSPS) is 15.6. The molecule has 12 heteroatoms. The highest BCUT2D eigenvalue weighted by atomic mass is 127. The van der Waals surface area contributed by atoms with Crippen molar-refractivity contribution < 1.29 is 38.1 Å². The Hall–Kier alpha value is -2.26. The summed E-state index contributed by atoms with van der Waals surface area (Å²) in [5.41, 5.74) is -3.47. The molecule has 5 N–H and O–H groups in total. The number of nitrogens with zero attached hydrogens (tertiary/aromatic N) is 1. The molecule has 1 atom stereocenters. The summed E-state index contributed by atoms with van der Waals surface area (Å²) in [6.07, 6.45) is -1.55. The monoisotopic (exact) mass is 565 g/mol. The number of anilines is 2. The van der Waals surface area contributed by atoms with Crippen LogP contribution in [0.5, 0.6) is 0 Å². The average Bonchev–Trinajstić information content (AvgIpc) is 2.74. The van der Waals surface area contributed by atoms with Crippen molar-refractivity contribution in [2.24, 2.45) is 0 Å². The molecular weight excluding hydrogens is 546 g/mol. The van der Waals surface area contributed by atoms with Crippen LogP contribution < -0.4 is 10.6 Å². The van der Waals surface area contributed by atoms with Crippen molar-refractivity contribution in [2.45, 2.75) is 11.7 Å². The second-order valence-corrected chi connectivity index (χ2v) is 8.47. The number of halogens is 4. The van der Waals surface area contributed by atoms with E-state index in [9.17, 15) is 33.0 Å². The van der Waals surface area contributed by atoms with Gasteiger partial charge < -0.3 is 26.0 Å². The van der Waals surface area contributed by atoms with Crippen LogP contribution in [0.25, 0.3) is 0 Å². The van der Waals surface area contributed by atoms with E-state index in [4.69, 9.17) is 5.11 Å². The molecule has 0 aromatic heterocycles. The SMILES string of the molecule is O=C(c1ccc(F)c(F)c1Nc1ccc(I)cc1F)N(CC(O)CO)C(=O)C1(O)CNC1. The Balaban J connectivity index is 2.04. The van der Waals surface area contributed by atoms with E-state index in [1.165, 1.54) is 12.1 Å².